The second-order valence-corrected chi connectivity index (χ2v) is 7.90. The molecule has 1 fully saturated rings. The van der Waals surface area contributed by atoms with E-state index in [-0.39, 0.29) is 5.91 Å². The summed E-state index contributed by atoms with van der Waals surface area (Å²) in [5.74, 6) is 0.484. The van der Waals surface area contributed by atoms with Crippen LogP contribution in [0.2, 0.25) is 0 Å². The number of thioether (sulfide) groups is 1. The van der Waals surface area contributed by atoms with Crippen LogP contribution in [0, 0.1) is 0 Å². The van der Waals surface area contributed by atoms with Crippen molar-refractivity contribution in [3.8, 4) is 5.69 Å². The number of nitrogens with zero attached hydrogens (tertiary/aromatic N) is 5. The number of carbonyl (C=O) groups excluding carboxylic acids is 1. The zero-order chi connectivity index (χ0) is 18.6. The van der Waals surface area contributed by atoms with Crippen LogP contribution in [0.5, 0.6) is 0 Å². The van der Waals surface area contributed by atoms with Crippen LogP contribution < -0.4 is 0 Å². The second kappa shape index (κ2) is 8.08. The summed E-state index contributed by atoms with van der Waals surface area (Å²) in [7, 11) is 1.92. The molecule has 7 heteroatoms. The topological polar surface area (TPSA) is 63.9 Å². The molecular weight excluding hydrogens is 358 g/mol. The van der Waals surface area contributed by atoms with Gasteiger partial charge in [-0.3, -0.25) is 4.79 Å². The summed E-state index contributed by atoms with van der Waals surface area (Å²) in [5, 5.41) is 15.0. The van der Waals surface area contributed by atoms with Gasteiger partial charge in [0.1, 0.15) is 0 Å². The van der Waals surface area contributed by atoms with Gasteiger partial charge in [0.25, 0.3) is 0 Å². The van der Waals surface area contributed by atoms with Crippen molar-refractivity contribution in [1.29, 1.82) is 0 Å². The predicted molar refractivity (Wildman–Crippen MR) is 107 cm³/mol. The predicted octanol–water partition coefficient (Wildman–Crippen LogP) is 3.70. The molecule has 2 aromatic carbocycles. The lowest BCUT2D eigenvalue weighted by molar-refractivity contribution is -0.129. The van der Waals surface area contributed by atoms with Crippen molar-refractivity contribution in [3.05, 3.63) is 42.5 Å². The van der Waals surface area contributed by atoms with Crippen LogP contribution in [-0.2, 0) is 4.79 Å². The number of aromatic nitrogens is 4. The lowest BCUT2D eigenvalue weighted by atomic mass is 9.94. The first-order chi connectivity index (χ1) is 13.2. The molecule has 0 aliphatic heterocycles. The van der Waals surface area contributed by atoms with Crippen molar-refractivity contribution in [3.63, 3.8) is 0 Å². The molecule has 1 amide bonds. The molecule has 1 heterocycles. The SMILES string of the molecule is CN(C(=O)CSc1nnnn1-c1cccc2ccccc12)C1CCCCC1. The Hall–Kier alpha value is -2.41. The van der Waals surface area contributed by atoms with Gasteiger partial charge in [0.15, 0.2) is 0 Å². The van der Waals surface area contributed by atoms with Crippen LogP contribution in [0.1, 0.15) is 32.1 Å². The molecule has 1 aromatic heterocycles. The number of fused-ring (bicyclic) bond motifs is 1. The molecule has 0 saturated heterocycles. The van der Waals surface area contributed by atoms with Crippen LogP contribution in [0.15, 0.2) is 47.6 Å². The molecule has 0 radical (unpaired) electrons. The van der Waals surface area contributed by atoms with Crippen molar-refractivity contribution in [2.45, 2.75) is 43.3 Å². The van der Waals surface area contributed by atoms with E-state index in [9.17, 15) is 4.79 Å². The van der Waals surface area contributed by atoms with E-state index in [1.165, 1.54) is 31.0 Å². The van der Waals surface area contributed by atoms with E-state index >= 15 is 0 Å². The van der Waals surface area contributed by atoms with Gasteiger partial charge in [-0.2, -0.15) is 4.68 Å². The number of rotatable bonds is 5. The Morgan fingerprint density at radius 3 is 2.78 bits per heavy atom. The monoisotopic (exact) mass is 381 g/mol. The van der Waals surface area contributed by atoms with Gasteiger partial charge < -0.3 is 4.90 Å². The van der Waals surface area contributed by atoms with Crippen molar-refractivity contribution >= 4 is 28.4 Å². The number of hydrogen-bond donors (Lipinski definition) is 0. The Morgan fingerprint density at radius 2 is 1.93 bits per heavy atom. The maximum atomic E-state index is 12.6. The lowest BCUT2D eigenvalue weighted by Crippen LogP contribution is -2.39. The molecular formula is C20H23N5OS. The number of amides is 1. The van der Waals surface area contributed by atoms with Crippen molar-refractivity contribution < 1.29 is 4.79 Å². The maximum absolute atomic E-state index is 12.6. The fourth-order valence-corrected chi connectivity index (χ4v) is 4.52. The van der Waals surface area contributed by atoms with E-state index in [0.29, 0.717) is 17.0 Å². The molecule has 0 unspecified atom stereocenters. The molecule has 3 aromatic rings. The third-order valence-electron chi connectivity index (χ3n) is 5.28. The molecule has 27 heavy (non-hydrogen) atoms. The van der Waals surface area contributed by atoms with Gasteiger partial charge in [-0.05, 0) is 34.7 Å². The maximum Gasteiger partial charge on any atom is 0.233 e. The smallest absolute Gasteiger partial charge is 0.233 e. The molecule has 6 nitrogen and oxygen atoms in total. The fourth-order valence-electron chi connectivity index (χ4n) is 3.71. The van der Waals surface area contributed by atoms with E-state index in [4.69, 9.17) is 0 Å². The average Bonchev–Trinajstić information content (AvgIpc) is 3.20. The lowest BCUT2D eigenvalue weighted by Gasteiger charge is -2.31. The zero-order valence-corrected chi connectivity index (χ0v) is 16.2. The Bertz CT molecular complexity index is 930. The van der Waals surface area contributed by atoms with Crippen molar-refractivity contribution in [1.82, 2.24) is 25.1 Å². The first-order valence-electron chi connectivity index (χ1n) is 9.39. The molecule has 1 aliphatic carbocycles. The summed E-state index contributed by atoms with van der Waals surface area (Å²) in [6.07, 6.45) is 5.94. The minimum Gasteiger partial charge on any atom is -0.342 e. The van der Waals surface area contributed by atoms with Crippen LogP contribution in [0.4, 0.5) is 0 Å². The van der Waals surface area contributed by atoms with Gasteiger partial charge in [-0.25, -0.2) is 0 Å². The Morgan fingerprint density at radius 1 is 1.15 bits per heavy atom. The highest BCUT2D eigenvalue weighted by Crippen LogP contribution is 2.26. The van der Waals surface area contributed by atoms with Gasteiger partial charge in [-0.1, -0.05) is 67.4 Å². The third-order valence-corrected chi connectivity index (χ3v) is 6.18. The molecule has 0 spiro atoms. The van der Waals surface area contributed by atoms with Crippen LogP contribution in [0.3, 0.4) is 0 Å². The first-order valence-corrected chi connectivity index (χ1v) is 10.4. The van der Waals surface area contributed by atoms with Crippen molar-refractivity contribution in [2.75, 3.05) is 12.8 Å². The molecule has 1 aliphatic rings. The number of tetrazole rings is 1. The van der Waals surface area contributed by atoms with Gasteiger partial charge in [-0.15, -0.1) is 5.10 Å². The highest BCUT2D eigenvalue weighted by atomic mass is 32.2. The number of carbonyl (C=O) groups is 1. The largest absolute Gasteiger partial charge is 0.342 e. The van der Waals surface area contributed by atoms with Crippen molar-refractivity contribution in [2.24, 2.45) is 0 Å². The van der Waals surface area contributed by atoms with Crippen LogP contribution in [-0.4, -0.2) is 49.9 Å². The summed E-state index contributed by atoms with van der Waals surface area (Å²) < 4.78 is 1.72. The van der Waals surface area contributed by atoms with Crippen LogP contribution in [0.25, 0.3) is 16.5 Å². The van der Waals surface area contributed by atoms with E-state index < -0.39 is 0 Å². The standard InChI is InChI=1S/C20H23N5OS/c1-24(16-10-3-2-4-11-16)19(26)14-27-20-21-22-23-25(20)18-13-7-9-15-8-5-6-12-17(15)18/h5-9,12-13,16H,2-4,10-11,14H2,1H3. The summed E-state index contributed by atoms with van der Waals surface area (Å²) in [6.45, 7) is 0. The van der Waals surface area contributed by atoms with Gasteiger partial charge in [0.05, 0.1) is 11.4 Å². The Balaban J connectivity index is 1.50. The summed E-state index contributed by atoms with van der Waals surface area (Å²) in [4.78, 5) is 14.5. The number of hydrogen-bond acceptors (Lipinski definition) is 5. The molecule has 0 bridgehead atoms. The molecule has 1 saturated carbocycles. The second-order valence-electron chi connectivity index (χ2n) is 6.96. The van der Waals surface area contributed by atoms with E-state index in [2.05, 4.69) is 33.7 Å². The molecule has 0 N–H and O–H groups in total. The normalized spacial score (nSPS) is 15.1. The minimum absolute atomic E-state index is 0.138. The van der Waals surface area contributed by atoms with Gasteiger partial charge in [0.2, 0.25) is 11.1 Å². The summed E-state index contributed by atoms with van der Waals surface area (Å²) >= 11 is 1.39. The molecule has 4 rings (SSSR count). The first kappa shape index (κ1) is 18.0. The van der Waals surface area contributed by atoms with Crippen LogP contribution >= 0.6 is 11.8 Å². The quantitative estimate of drug-likeness (QED) is 0.631. The van der Waals surface area contributed by atoms with E-state index in [1.54, 1.807) is 4.68 Å². The third kappa shape index (κ3) is 3.83. The van der Waals surface area contributed by atoms with E-state index in [1.807, 2.05) is 36.2 Å². The van der Waals surface area contributed by atoms with Gasteiger partial charge >= 0.3 is 0 Å². The number of benzene rings is 2. The molecule has 0 atom stereocenters. The van der Waals surface area contributed by atoms with E-state index in [0.717, 1.165) is 29.3 Å². The fraction of sp³-hybridized carbons (Fsp3) is 0.400. The molecule has 140 valence electrons. The highest BCUT2D eigenvalue weighted by Gasteiger charge is 2.23. The zero-order valence-electron chi connectivity index (χ0n) is 15.4. The Labute approximate surface area is 162 Å². The summed E-state index contributed by atoms with van der Waals surface area (Å²) in [5.41, 5.74) is 0.925. The average molecular weight is 382 g/mol. The minimum atomic E-state index is 0.138. The Kier molecular flexibility index (Phi) is 5.38. The van der Waals surface area contributed by atoms with Gasteiger partial charge in [0, 0.05) is 18.5 Å². The highest BCUT2D eigenvalue weighted by molar-refractivity contribution is 7.99. The summed E-state index contributed by atoms with van der Waals surface area (Å²) in [6, 6.07) is 14.6.